The van der Waals surface area contributed by atoms with Gasteiger partial charge in [0, 0.05) is 30.8 Å². The van der Waals surface area contributed by atoms with E-state index in [0.29, 0.717) is 56.5 Å². The number of likely N-dealkylation sites (N-methyl/N-ethyl adjacent to an activating group) is 1. The van der Waals surface area contributed by atoms with Gasteiger partial charge in [0.05, 0.1) is 34.9 Å². The van der Waals surface area contributed by atoms with Crippen molar-refractivity contribution in [1.82, 2.24) is 9.47 Å². The van der Waals surface area contributed by atoms with Gasteiger partial charge in [-0.25, -0.2) is 4.99 Å². The molecule has 238 valence electrons. The maximum absolute atomic E-state index is 14.2. The minimum absolute atomic E-state index is 0.0130. The van der Waals surface area contributed by atoms with Crippen LogP contribution < -0.4 is 29.1 Å². The fraction of sp³-hybridized carbons (Fsp3) is 0.265. The second kappa shape index (κ2) is 13.8. The number of nitrogens with zero attached hydrogens (tertiary/aromatic N) is 4. The van der Waals surface area contributed by atoms with E-state index in [2.05, 4.69) is 0 Å². The van der Waals surface area contributed by atoms with Crippen molar-refractivity contribution < 1.29 is 23.9 Å². The molecular weight excluding hydrogens is 608 g/mol. The zero-order valence-electron chi connectivity index (χ0n) is 26.2. The molecule has 4 aromatic rings. The highest BCUT2D eigenvalue weighted by atomic mass is 32.1. The van der Waals surface area contributed by atoms with Gasteiger partial charge >= 0.3 is 0 Å². The molecule has 0 saturated heterocycles. The Labute approximate surface area is 269 Å². The predicted octanol–water partition coefficient (Wildman–Crippen LogP) is 4.61. The van der Waals surface area contributed by atoms with Gasteiger partial charge in [-0.05, 0) is 80.4 Å². The molecule has 1 atom stereocenters. The zero-order chi connectivity index (χ0) is 33.0. The number of nitro groups is 1. The number of aromatic nitrogens is 1. The Hall–Kier alpha value is -5.23. The first-order chi connectivity index (χ1) is 22.2. The zero-order valence-corrected chi connectivity index (χ0v) is 27.0. The highest BCUT2D eigenvalue weighted by Crippen LogP contribution is 2.38. The number of ether oxygens (including phenoxy) is 3. The number of hydrogen-bond acceptors (Lipinski definition) is 9. The minimum Gasteiger partial charge on any atom is -0.497 e. The van der Waals surface area contributed by atoms with Crippen LogP contribution in [0.25, 0.3) is 6.08 Å². The summed E-state index contributed by atoms with van der Waals surface area (Å²) in [6.45, 7) is 6.84. The van der Waals surface area contributed by atoms with Gasteiger partial charge in [0.25, 0.3) is 17.2 Å². The van der Waals surface area contributed by atoms with Gasteiger partial charge in [0.2, 0.25) is 0 Å². The number of rotatable bonds is 11. The van der Waals surface area contributed by atoms with E-state index in [1.165, 1.54) is 23.5 Å². The predicted molar refractivity (Wildman–Crippen MR) is 175 cm³/mol. The topological polar surface area (TPSA) is 126 Å². The molecule has 11 nitrogen and oxygen atoms in total. The second-order valence-electron chi connectivity index (χ2n) is 10.5. The molecule has 1 aliphatic heterocycles. The molecule has 3 aromatic carbocycles. The summed E-state index contributed by atoms with van der Waals surface area (Å²) in [6, 6.07) is 18.0. The number of allylic oxidation sites excluding steroid dienone is 1. The van der Waals surface area contributed by atoms with Crippen LogP contribution in [-0.2, 0) is 11.4 Å². The number of benzene rings is 3. The van der Waals surface area contributed by atoms with Crippen molar-refractivity contribution in [2.45, 2.75) is 33.4 Å². The number of methoxy groups -OCH3 is 2. The van der Waals surface area contributed by atoms with Gasteiger partial charge in [0.1, 0.15) is 29.9 Å². The maximum Gasteiger partial charge on any atom is 0.271 e. The first-order valence-corrected chi connectivity index (χ1v) is 15.5. The largest absolute Gasteiger partial charge is 0.497 e. The van der Waals surface area contributed by atoms with E-state index in [4.69, 9.17) is 19.2 Å². The Morgan fingerprint density at radius 1 is 1.04 bits per heavy atom. The molecule has 0 spiro atoms. The van der Waals surface area contributed by atoms with Crippen LogP contribution in [0.1, 0.15) is 43.5 Å². The van der Waals surface area contributed by atoms with Crippen LogP contribution in [0.2, 0.25) is 0 Å². The van der Waals surface area contributed by atoms with Crippen LogP contribution >= 0.6 is 11.3 Å². The molecule has 2 heterocycles. The van der Waals surface area contributed by atoms with Gasteiger partial charge in [0.15, 0.2) is 4.80 Å². The van der Waals surface area contributed by atoms with Crippen LogP contribution in [0.3, 0.4) is 0 Å². The molecule has 1 aromatic heterocycles. The minimum atomic E-state index is -0.798. The summed E-state index contributed by atoms with van der Waals surface area (Å²) >= 11 is 1.24. The van der Waals surface area contributed by atoms with Crippen molar-refractivity contribution >= 4 is 29.0 Å². The van der Waals surface area contributed by atoms with Gasteiger partial charge in [-0.1, -0.05) is 23.5 Å². The number of thiazole rings is 1. The molecule has 1 aliphatic rings. The number of carbonyl (C=O) groups is 1. The fourth-order valence-electron chi connectivity index (χ4n) is 5.35. The summed E-state index contributed by atoms with van der Waals surface area (Å²) in [5.41, 5.74) is 2.77. The van der Waals surface area contributed by atoms with Crippen molar-refractivity contribution in [1.29, 1.82) is 0 Å². The van der Waals surface area contributed by atoms with Gasteiger partial charge in [-0.2, -0.15) is 0 Å². The quantitative estimate of drug-likeness (QED) is 0.173. The number of nitro benzene ring substituents is 1. The third-order valence-electron chi connectivity index (χ3n) is 7.74. The molecule has 0 fully saturated rings. The number of non-ortho nitro benzene ring substituents is 1. The Balaban J connectivity index is 1.57. The highest BCUT2D eigenvalue weighted by Gasteiger charge is 2.36. The molecule has 0 radical (unpaired) electrons. The van der Waals surface area contributed by atoms with Crippen molar-refractivity contribution in [3.63, 3.8) is 0 Å². The third-order valence-corrected chi connectivity index (χ3v) is 8.73. The van der Waals surface area contributed by atoms with Crippen molar-refractivity contribution in [2.75, 3.05) is 27.3 Å². The van der Waals surface area contributed by atoms with Gasteiger partial charge in [-0.15, -0.1) is 0 Å². The van der Waals surface area contributed by atoms with Crippen LogP contribution in [0.5, 0.6) is 17.2 Å². The molecule has 0 N–H and O–H groups in total. The third kappa shape index (κ3) is 6.43. The molecule has 1 amide bonds. The molecular formula is C34H34N4O7S. The molecule has 46 heavy (non-hydrogen) atoms. The number of carbonyl (C=O) groups excluding carboxylic acids is 1. The van der Waals surface area contributed by atoms with Crippen molar-refractivity contribution in [3.8, 4) is 17.2 Å². The monoisotopic (exact) mass is 642 g/mol. The molecule has 0 unspecified atom stereocenters. The summed E-state index contributed by atoms with van der Waals surface area (Å²) in [4.78, 5) is 45.6. The summed E-state index contributed by atoms with van der Waals surface area (Å²) in [5.74, 6) is 1.45. The van der Waals surface area contributed by atoms with E-state index in [-0.39, 0.29) is 23.8 Å². The second-order valence-corrected chi connectivity index (χ2v) is 11.5. The molecule has 0 saturated carbocycles. The lowest BCUT2D eigenvalue weighted by Gasteiger charge is -2.30. The fourth-order valence-corrected chi connectivity index (χ4v) is 6.40. The molecule has 12 heteroatoms. The number of amides is 1. The SMILES string of the molecule is CCN(CC)C(=O)C1=C(C)N=c2s/c(=C/c3cccc(OCc4ccc([N+](=O)[O-])cc4)c3)c(=O)n2[C@H]1c1cc(OC)ccc1OC. The Morgan fingerprint density at radius 2 is 1.78 bits per heavy atom. The van der Waals surface area contributed by atoms with E-state index in [1.54, 1.807) is 73.1 Å². The molecule has 0 bridgehead atoms. The summed E-state index contributed by atoms with van der Waals surface area (Å²) in [6.07, 6.45) is 1.77. The van der Waals surface area contributed by atoms with E-state index in [9.17, 15) is 19.7 Å². The summed E-state index contributed by atoms with van der Waals surface area (Å²) in [5, 5.41) is 10.9. The van der Waals surface area contributed by atoms with Crippen LogP contribution in [0, 0.1) is 10.1 Å². The maximum atomic E-state index is 14.2. The van der Waals surface area contributed by atoms with Crippen molar-refractivity contribution in [3.05, 3.63) is 124 Å². The normalized spacial score (nSPS) is 14.4. The molecule has 0 aliphatic carbocycles. The smallest absolute Gasteiger partial charge is 0.271 e. The first-order valence-electron chi connectivity index (χ1n) is 14.7. The van der Waals surface area contributed by atoms with E-state index >= 15 is 0 Å². The van der Waals surface area contributed by atoms with E-state index in [0.717, 1.165) is 11.1 Å². The Morgan fingerprint density at radius 3 is 2.43 bits per heavy atom. The summed E-state index contributed by atoms with van der Waals surface area (Å²) < 4.78 is 19.2. The Bertz CT molecular complexity index is 1990. The Kier molecular flexibility index (Phi) is 9.67. The van der Waals surface area contributed by atoms with Gasteiger partial charge < -0.3 is 19.1 Å². The van der Waals surface area contributed by atoms with Crippen LogP contribution in [-0.4, -0.2) is 47.6 Å². The van der Waals surface area contributed by atoms with E-state index < -0.39 is 11.0 Å². The van der Waals surface area contributed by atoms with Gasteiger partial charge in [-0.3, -0.25) is 24.3 Å². The highest BCUT2D eigenvalue weighted by molar-refractivity contribution is 7.07. The first kappa shape index (κ1) is 32.2. The van der Waals surface area contributed by atoms with Crippen LogP contribution in [0.15, 0.2) is 87.8 Å². The number of fused-ring (bicyclic) bond motifs is 1. The summed E-state index contributed by atoms with van der Waals surface area (Å²) in [7, 11) is 3.11. The van der Waals surface area contributed by atoms with Crippen LogP contribution in [0.4, 0.5) is 5.69 Å². The number of hydrogen-bond donors (Lipinski definition) is 0. The lowest BCUT2D eigenvalue weighted by atomic mass is 9.93. The lowest BCUT2D eigenvalue weighted by molar-refractivity contribution is -0.384. The standard InChI is InChI=1S/C34H34N4O7S/c1-6-36(7-2)33(40)30-21(3)35-34-37(31(30)27-19-25(43-4)15-16-28(27)44-5)32(39)29(46-34)18-23-9-8-10-26(17-23)45-20-22-11-13-24(14-12-22)38(41)42/h8-19,31H,6-7,20H2,1-5H3/b29-18+/t31-/m0/s1. The molecule has 5 rings (SSSR count). The average molecular weight is 643 g/mol. The van der Waals surface area contributed by atoms with E-state index in [1.807, 2.05) is 32.0 Å². The lowest BCUT2D eigenvalue weighted by Crippen LogP contribution is -2.43. The average Bonchev–Trinajstić information content (AvgIpc) is 3.37. The van der Waals surface area contributed by atoms with Crippen molar-refractivity contribution in [2.24, 2.45) is 4.99 Å².